The Morgan fingerprint density at radius 2 is 0.981 bits per heavy atom. The Morgan fingerprint density at radius 1 is 0.415 bits per heavy atom. The van der Waals surface area contributed by atoms with Crippen molar-refractivity contribution in [1.29, 1.82) is 0 Å². The van der Waals surface area contributed by atoms with E-state index in [2.05, 4.69) is 115 Å². The minimum Gasteiger partial charge on any atom is -0.457 e. The fourth-order valence-corrected chi connectivity index (χ4v) is 9.30. The van der Waals surface area contributed by atoms with Crippen LogP contribution in [-0.2, 0) is 5.41 Å². The van der Waals surface area contributed by atoms with Crippen molar-refractivity contribution >= 4 is 21.4 Å². The molecular formula is C48H29N3OS. The highest BCUT2D eigenvalue weighted by Crippen LogP contribution is 2.63. The molecule has 4 nitrogen and oxygen atoms in total. The Hall–Kier alpha value is -6.69. The molecular weight excluding hydrogens is 667 g/mol. The second-order valence-corrected chi connectivity index (χ2v) is 14.5. The molecule has 0 amide bonds. The summed E-state index contributed by atoms with van der Waals surface area (Å²) in [6.45, 7) is 0. The topological polar surface area (TPSA) is 47.9 Å². The zero-order valence-electron chi connectivity index (χ0n) is 28.4. The number of fused-ring (bicyclic) bond motifs is 11. The molecule has 5 heteroatoms. The van der Waals surface area contributed by atoms with Crippen LogP contribution >= 0.6 is 11.3 Å². The molecule has 9 aromatic rings. The number of hydrogen-bond acceptors (Lipinski definition) is 5. The first-order valence-corrected chi connectivity index (χ1v) is 18.6. The molecule has 0 N–H and O–H groups in total. The molecule has 1 aliphatic heterocycles. The fourth-order valence-electron chi connectivity index (χ4n) is 8.34. The van der Waals surface area contributed by atoms with Gasteiger partial charge < -0.3 is 4.74 Å². The minimum atomic E-state index is -0.531. The van der Waals surface area contributed by atoms with Crippen LogP contribution in [0.25, 0.3) is 66.5 Å². The van der Waals surface area contributed by atoms with Gasteiger partial charge in [0.2, 0.25) is 0 Å². The molecule has 248 valence electrons. The molecule has 1 unspecified atom stereocenters. The third-order valence-corrected chi connectivity index (χ3v) is 11.6. The van der Waals surface area contributed by atoms with E-state index in [-0.39, 0.29) is 0 Å². The molecule has 1 atom stereocenters. The first kappa shape index (κ1) is 30.0. The summed E-state index contributed by atoms with van der Waals surface area (Å²) in [5.74, 6) is 3.71. The standard InChI is InChI=1S/C48H29N3OS/c1-3-11-32(12-4-1)45-49-46(33-13-5-2-6-14-33)51-47(50-45)34-21-19-30(20-22-34)35-24-26-42-40(29-35)48(38-17-9-10-18-41(38)52-42)37-16-8-7-15-36(37)43-39(48)25-23-31-27-28-53-44(31)43/h1-29H. The molecule has 1 aliphatic carbocycles. The lowest BCUT2D eigenvalue weighted by Crippen LogP contribution is -2.32. The van der Waals surface area contributed by atoms with Gasteiger partial charge in [-0.25, -0.2) is 15.0 Å². The summed E-state index contributed by atoms with van der Waals surface area (Å²) in [5, 5.41) is 3.48. The Kier molecular flexibility index (Phi) is 6.60. The summed E-state index contributed by atoms with van der Waals surface area (Å²) in [6, 6.07) is 59.7. The molecule has 0 radical (unpaired) electrons. The van der Waals surface area contributed by atoms with Crippen LogP contribution in [0.5, 0.6) is 11.5 Å². The van der Waals surface area contributed by atoms with Crippen molar-refractivity contribution in [2.24, 2.45) is 0 Å². The Bertz CT molecular complexity index is 2810. The number of hydrogen-bond donors (Lipinski definition) is 0. The van der Waals surface area contributed by atoms with E-state index >= 15 is 0 Å². The van der Waals surface area contributed by atoms with E-state index in [1.54, 1.807) is 0 Å². The van der Waals surface area contributed by atoms with E-state index in [4.69, 9.17) is 19.7 Å². The molecule has 11 rings (SSSR count). The first-order chi connectivity index (χ1) is 26.3. The monoisotopic (exact) mass is 695 g/mol. The van der Waals surface area contributed by atoms with Crippen LogP contribution in [-0.4, -0.2) is 15.0 Å². The van der Waals surface area contributed by atoms with Gasteiger partial charge in [-0.3, -0.25) is 0 Å². The van der Waals surface area contributed by atoms with Gasteiger partial charge in [-0.2, -0.15) is 0 Å². The van der Waals surface area contributed by atoms with Gasteiger partial charge in [0.1, 0.15) is 11.5 Å². The van der Waals surface area contributed by atoms with E-state index in [0.717, 1.165) is 44.9 Å². The molecule has 7 aromatic carbocycles. The molecule has 2 aromatic heterocycles. The third kappa shape index (κ3) is 4.51. The highest BCUT2D eigenvalue weighted by molar-refractivity contribution is 7.17. The fraction of sp³-hybridized carbons (Fsp3) is 0.0208. The number of para-hydroxylation sites is 1. The number of aromatic nitrogens is 3. The van der Waals surface area contributed by atoms with E-state index in [9.17, 15) is 0 Å². The molecule has 0 saturated heterocycles. The average molecular weight is 696 g/mol. The SMILES string of the molecule is c1ccc(-c2nc(-c3ccccc3)nc(-c3ccc(-c4ccc5c(c4)C4(c6ccccc6O5)c5ccccc5-c5c4ccc4ccsc54)cc3)n2)cc1. The first-order valence-electron chi connectivity index (χ1n) is 17.8. The number of benzene rings is 7. The van der Waals surface area contributed by atoms with Crippen molar-refractivity contribution in [2.45, 2.75) is 5.41 Å². The van der Waals surface area contributed by atoms with Crippen molar-refractivity contribution < 1.29 is 4.74 Å². The number of ether oxygens (including phenoxy) is 1. The van der Waals surface area contributed by atoms with Crippen LogP contribution in [0.2, 0.25) is 0 Å². The number of rotatable bonds is 4. The van der Waals surface area contributed by atoms with E-state index in [1.165, 1.54) is 37.9 Å². The molecule has 1 spiro atoms. The zero-order valence-corrected chi connectivity index (χ0v) is 29.2. The predicted octanol–water partition coefficient (Wildman–Crippen LogP) is 12.2. The highest BCUT2D eigenvalue weighted by Gasteiger charge is 2.51. The lowest BCUT2D eigenvalue weighted by atomic mass is 9.65. The zero-order chi connectivity index (χ0) is 34.9. The Balaban J connectivity index is 1.07. The second-order valence-electron chi connectivity index (χ2n) is 13.5. The van der Waals surface area contributed by atoms with Crippen LogP contribution in [0, 0.1) is 0 Å². The van der Waals surface area contributed by atoms with Crippen LogP contribution in [0.1, 0.15) is 22.3 Å². The summed E-state index contributed by atoms with van der Waals surface area (Å²) in [5.41, 5.74) is 12.0. The summed E-state index contributed by atoms with van der Waals surface area (Å²) < 4.78 is 8.04. The Morgan fingerprint density at radius 3 is 1.70 bits per heavy atom. The van der Waals surface area contributed by atoms with Gasteiger partial charge in [0.15, 0.2) is 17.5 Å². The van der Waals surface area contributed by atoms with Crippen molar-refractivity contribution in [3.8, 4) is 67.9 Å². The maximum Gasteiger partial charge on any atom is 0.164 e. The number of thiophene rings is 1. The van der Waals surface area contributed by atoms with Crippen LogP contribution < -0.4 is 4.74 Å². The van der Waals surface area contributed by atoms with Gasteiger partial charge in [0.25, 0.3) is 0 Å². The van der Waals surface area contributed by atoms with Gasteiger partial charge in [-0.05, 0) is 62.8 Å². The van der Waals surface area contributed by atoms with Crippen LogP contribution in [0.3, 0.4) is 0 Å². The van der Waals surface area contributed by atoms with Crippen molar-refractivity contribution in [1.82, 2.24) is 15.0 Å². The maximum absolute atomic E-state index is 6.71. The highest BCUT2D eigenvalue weighted by atomic mass is 32.1. The Labute approximate surface area is 310 Å². The lowest BCUT2D eigenvalue weighted by Gasteiger charge is -2.39. The van der Waals surface area contributed by atoms with E-state index in [0.29, 0.717) is 17.5 Å². The van der Waals surface area contributed by atoms with Gasteiger partial charge in [-0.1, -0.05) is 146 Å². The maximum atomic E-state index is 6.71. The minimum absolute atomic E-state index is 0.531. The van der Waals surface area contributed by atoms with E-state index < -0.39 is 5.41 Å². The van der Waals surface area contributed by atoms with Crippen LogP contribution in [0.4, 0.5) is 0 Å². The van der Waals surface area contributed by atoms with Gasteiger partial charge in [0.05, 0.1) is 5.41 Å². The summed E-state index contributed by atoms with van der Waals surface area (Å²) >= 11 is 1.82. The van der Waals surface area contributed by atoms with Crippen molar-refractivity contribution in [2.75, 3.05) is 0 Å². The van der Waals surface area contributed by atoms with Gasteiger partial charge in [0, 0.05) is 38.1 Å². The molecule has 0 saturated carbocycles. The lowest BCUT2D eigenvalue weighted by molar-refractivity contribution is 0.436. The van der Waals surface area contributed by atoms with Gasteiger partial charge in [-0.15, -0.1) is 11.3 Å². The van der Waals surface area contributed by atoms with Crippen molar-refractivity contribution in [3.05, 3.63) is 197 Å². The largest absolute Gasteiger partial charge is 0.457 e. The molecule has 3 heterocycles. The predicted molar refractivity (Wildman–Crippen MR) is 214 cm³/mol. The molecule has 2 aliphatic rings. The number of nitrogens with zero attached hydrogens (tertiary/aromatic N) is 3. The normalized spacial score (nSPS) is 15.0. The summed E-state index contributed by atoms with van der Waals surface area (Å²) in [6.07, 6.45) is 0. The third-order valence-electron chi connectivity index (χ3n) is 10.7. The van der Waals surface area contributed by atoms with Gasteiger partial charge >= 0.3 is 0 Å². The van der Waals surface area contributed by atoms with Crippen molar-refractivity contribution in [3.63, 3.8) is 0 Å². The van der Waals surface area contributed by atoms with E-state index in [1.807, 2.05) is 72.0 Å². The molecule has 0 fully saturated rings. The summed E-state index contributed by atoms with van der Waals surface area (Å²) in [4.78, 5) is 14.8. The quantitative estimate of drug-likeness (QED) is 0.184. The smallest absolute Gasteiger partial charge is 0.164 e. The summed E-state index contributed by atoms with van der Waals surface area (Å²) in [7, 11) is 0. The average Bonchev–Trinajstić information content (AvgIpc) is 3.83. The molecule has 0 bridgehead atoms. The molecule has 53 heavy (non-hydrogen) atoms. The second kappa shape index (κ2) is 11.7. The van der Waals surface area contributed by atoms with Crippen LogP contribution in [0.15, 0.2) is 175 Å².